The molecule has 0 bridgehead atoms. The Bertz CT molecular complexity index is 504. The van der Waals surface area contributed by atoms with Gasteiger partial charge >= 0.3 is 0 Å². The van der Waals surface area contributed by atoms with Crippen molar-refractivity contribution in [2.45, 2.75) is 39.3 Å². The Kier molecular flexibility index (Phi) is 4.60. The lowest BCUT2D eigenvalue weighted by Gasteiger charge is -2.20. The molecule has 5 heteroatoms. The molecule has 20 heavy (non-hydrogen) atoms. The van der Waals surface area contributed by atoms with E-state index in [0.29, 0.717) is 30.0 Å². The number of oxime groups is 1. The minimum Gasteiger partial charge on any atom is -0.409 e. The smallest absolute Gasteiger partial charge is 0.173 e. The van der Waals surface area contributed by atoms with E-state index in [0.717, 1.165) is 6.42 Å². The van der Waals surface area contributed by atoms with Crippen LogP contribution in [-0.4, -0.2) is 17.1 Å². The average molecular weight is 279 g/mol. The van der Waals surface area contributed by atoms with Gasteiger partial charge in [0.15, 0.2) is 5.84 Å². The van der Waals surface area contributed by atoms with Crippen molar-refractivity contribution in [3.05, 3.63) is 35.1 Å². The molecule has 4 N–H and O–H groups in total. The highest BCUT2D eigenvalue weighted by Gasteiger charge is 2.29. The molecular formula is C15H22FN3O. The van der Waals surface area contributed by atoms with Gasteiger partial charge in [-0.2, -0.15) is 0 Å². The van der Waals surface area contributed by atoms with Crippen LogP contribution in [0.15, 0.2) is 23.4 Å². The highest BCUT2D eigenvalue weighted by Crippen LogP contribution is 2.31. The largest absolute Gasteiger partial charge is 0.409 e. The second kappa shape index (κ2) is 6.22. The van der Waals surface area contributed by atoms with Gasteiger partial charge in [0.05, 0.1) is 5.56 Å². The highest BCUT2D eigenvalue weighted by atomic mass is 19.1. The van der Waals surface area contributed by atoms with Gasteiger partial charge in [0.25, 0.3) is 0 Å². The number of amidine groups is 1. The topological polar surface area (TPSA) is 70.6 Å². The molecule has 0 spiro atoms. The highest BCUT2D eigenvalue weighted by molar-refractivity contribution is 5.97. The van der Waals surface area contributed by atoms with Crippen LogP contribution in [0.25, 0.3) is 0 Å². The van der Waals surface area contributed by atoms with Crippen molar-refractivity contribution < 1.29 is 9.60 Å². The molecule has 0 radical (unpaired) electrons. The zero-order valence-electron chi connectivity index (χ0n) is 11.9. The lowest BCUT2D eigenvalue weighted by Crippen LogP contribution is -2.32. The van der Waals surface area contributed by atoms with Crippen LogP contribution >= 0.6 is 0 Å². The fraction of sp³-hybridized carbons (Fsp3) is 0.533. The Labute approximate surface area is 118 Å². The molecule has 1 aromatic rings. The van der Waals surface area contributed by atoms with E-state index in [1.165, 1.54) is 12.5 Å². The molecule has 0 saturated heterocycles. The van der Waals surface area contributed by atoms with Gasteiger partial charge < -0.3 is 16.3 Å². The first-order chi connectivity index (χ1) is 9.54. The van der Waals surface area contributed by atoms with Crippen LogP contribution in [0.4, 0.5) is 4.39 Å². The van der Waals surface area contributed by atoms with E-state index in [1.807, 2.05) is 0 Å². The minimum absolute atomic E-state index is 0.139. The molecule has 1 aliphatic rings. The Morgan fingerprint density at radius 3 is 2.80 bits per heavy atom. The lowest BCUT2D eigenvalue weighted by atomic mass is 9.97. The van der Waals surface area contributed by atoms with Crippen molar-refractivity contribution >= 4 is 5.84 Å². The summed E-state index contributed by atoms with van der Waals surface area (Å²) in [5, 5.41) is 14.9. The first kappa shape index (κ1) is 14.8. The van der Waals surface area contributed by atoms with E-state index in [2.05, 4.69) is 24.3 Å². The van der Waals surface area contributed by atoms with E-state index in [-0.39, 0.29) is 11.4 Å². The van der Waals surface area contributed by atoms with Gasteiger partial charge in [0, 0.05) is 18.2 Å². The van der Waals surface area contributed by atoms with E-state index < -0.39 is 5.82 Å². The summed E-state index contributed by atoms with van der Waals surface area (Å²) in [4.78, 5) is 0. The summed E-state index contributed by atoms with van der Waals surface area (Å²) < 4.78 is 14.2. The third-order valence-electron chi connectivity index (χ3n) is 4.48. The molecule has 0 amide bonds. The number of hydrogen-bond acceptors (Lipinski definition) is 3. The van der Waals surface area contributed by atoms with E-state index in [1.54, 1.807) is 12.1 Å². The summed E-state index contributed by atoms with van der Waals surface area (Å²) in [5.74, 6) is 0.687. The van der Waals surface area contributed by atoms with Crippen LogP contribution in [0.2, 0.25) is 0 Å². The maximum absolute atomic E-state index is 14.2. The summed E-state index contributed by atoms with van der Waals surface area (Å²) in [6.07, 6.45) is 2.34. The fourth-order valence-corrected chi connectivity index (χ4v) is 2.86. The molecule has 0 aromatic heterocycles. The SMILES string of the molecule is CC1CCC(NCc2cccc(/C(N)=N/O)c2F)C1C. The quantitative estimate of drug-likeness (QED) is 0.343. The molecule has 1 aromatic carbocycles. The molecule has 3 unspecified atom stereocenters. The Morgan fingerprint density at radius 2 is 2.20 bits per heavy atom. The summed E-state index contributed by atoms with van der Waals surface area (Å²) in [6.45, 7) is 4.95. The molecule has 4 nitrogen and oxygen atoms in total. The van der Waals surface area contributed by atoms with Crippen LogP contribution in [0.3, 0.4) is 0 Å². The number of rotatable bonds is 4. The second-order valence-corrected chi connectivity index (χ2v) is 5.67. The number of nitrogens with two attached hydrogens (primary N) is 1. The predicted octanol–water partition coefficient (Wildman–Crippen LogP) is 2.44. The van der Waals surface area contributed by atoms with Crippen LogP contribution in [0.5, 0.6) is 0 Å². The fourth-order valence-electron chi connectivity index (χ4n) is 2.86. The van der Waals surface area contributed by atoms with Gasteiger partial charge in [-0.1, -0.05) is 31.1 Å². The summed E-state index contributed by atoms with van der Waals surface area (Å²) >= 11 is 0. The molecule has 2 rings (SSSR count). The number of hydrogen-bond donors (Lipinski definition) is 3. The predicted molar refractivity (Wildman–Crippen MR) is 77.1 cm³/mol. The van der Waals surface area contributed by atoms with Crippen molar-refractivity contribution in [2.24, 2.45) is 22.7 Å². The average Bonchev–Trinajstić information content (AvgIpc) is 2.77. The van der Waals surface area contributed by atoms with E-state index in [4.69, 9.17) is 10.9 Å². The van der Waals surface area contributed by atoms with Gasteiger partial charge in [-0.25, -0.2) is 4.39 Å². The van der Waals surface area contributed by atoms with Gasteiger partial charge in [0.2, 0.25) is 0 Å². The number of benzene rings is 1. The van der Waals surface area contributed by atoms with E-state index >= 15 is 0 Å². The maximum atomic E-state index is 14.2. The Morgan fingerprint density at radius 1 is 1.45 bits per heavy atom. The zero-order chi connectivity index (χ0) is 14.7. The Balaban J connectivity index is 2.07. The minimum atomic E-state index is -0.422. The normalized spacial score (nSPS) is 26.9. The molecule has 1 aliphatic carbocycles. The maximum Gasteiger partial charge on any atom is 0.173 e. The third kappa shape index (κ3) is 2.93. The molecule has 0 aliphatic heterocycles. The first-order valence-electron chi connectivity index (χ1n) is 7.03. The molecule has 3 atom stereocenters. The molecule has 0 heterocycles. The number of nitrogens with zero attached hydrogens (tertiary/aromatic N) is 1. The van der Waals surface area contributed by atoms with Gasteiger partial charge in [-0.3, -0.25) is 0 Å². The van der Waals surface area contributed by atoms with E-state index in [9.17, 15) is 4.39 Å². The standard InChI is InChI=1S/C15H22FN3O/c1-9-6-7-13(10(9)2)18-8-11-4-3-5-12(14(11)16)15(17)19-20/h3-5,9-10,13,18,20H,6-8H2,1-2H3,(H2,17,19). The lowest BCUT2D eigenvalue weighted by molar-refractivity contribution is 0.318. The monoisotopic (exact) mass is 279 g/mol. The van der Waals surface area contributed by atoms with Crippen molar-refractivity contribution in [1.82, 2.24) is 5.32 Å². The van der Waals surface area contributed by atoms with Crippen LogP contribution in [0, 0.1) is 17.7 Å². The third-order valence-corrected chi connectivity index (χ3v) is 4.48. The summed E-state index contributed by atoms with van der Waals surface area (Å²) in [5.41, 5.74) is 6.14. The molecule has 1 saturated carbocycles. The first-order valence-corrected chi connectivity index (χ1v) is 7.03. The van der Waals surface area contributed by atoms with Gasteiger partial charge in [0.1, 0.15) is 5.82 Å². The second-order valence-electron chi connectivity index (χ2n) is 5.67. The molecule has 1 fully saturated rings. The van der Waals surface area contributed by atoms with Crippen molar-refractivity contribution in [3.63, 3.8) is 0 Å². The Hall–Kier alpha value is -1.62. The van der Waals surface area contributed by atoms with Crippen LogP contribution < -0.4 is 11.1 Å². The van der Waals surface area contributed by atoms with Crippen molar-refractivity contribution in [1.29, 1.82) is 0 Å². The summed E-state index contributed by atoms with van der Waals surface area (Å²) in [6, 6.07) is 5.37. The van der Waals surface area contributed by atoms with Crippen LogP contribution in [0.1, 0.15) is 37.8 Å². The van der Waals surface area contributed by atoms with Crippen LogP contribution in [-0.2, 0) is 6.54 Å². The van der Waals surface area contributed by atoms with Crippen molar-refractivity contribution in [2.75, 3.05) is 0 Å². The van der Waals surface area contributed by atoms with Crippen molar-refractivity contribution in [3.8, 4) is 0 Å². The number of halogens is 1. The molecular weight excluding hydrogens is 257 g/mol. The molecule has 110 valence electrons. The van der Waals surface area contributed by atoms with Gasteiger partial charge in [-0.15, -0.1) is 0 Å². The number of nitrogens with one attached hydrogen (secondary N) is 1. The zero-order valence-corrected chi connectivity index (χ0v) is 11.9. The van der Waals surface area contributed by atoms with Gasteiger partial charge in [-0.05, 0) is 30.7 Å². The summed E-state index contributed by atoms with van der Waals surface area (Å²) in [7, 11) is 0.